The summed E-state index contributed by atoms with van der Waals surface area (Å²) in [6, 6.07) is 21.0. The van der Waals surface area contributed by atoms with Gasteiger partial charge in [-0.3, -0.25) is 4.79 Å². The Hall–Kier alpha value is -3.60. The third kappa shape index (κ3) is 4.62. The van der Waals surface area contributed by atoms with Gasteiger partial charge in [-0.15, -0.1) is 0 Å². The molecular formula is C31H34N2O3. The fraction of sp³-hybridized carbons (Fsp3) is 0.355. The molecule has 5 nitrogen and oxygen atoms in total. The molecule has 3 aliphatic rings. The van der Waals surface area contributed by atoms with Gasteiger partial charge in [0.05, 0.1) is 23.4 Å². The van der Waals surface area contributed by atoms with E-state index in [0.717, 1.165) is 40.5 Å². The predicted octanol–water partition coefficient (Wildman–Crippen LogP) is 6.56. The normalized spacial score (nSPS) is 19.8. The van der Waals surface area contributed by atoms with Crippen LogP contribution < -0.4 is 10.2 Å². The fourth-order valence-electron chi connectivity index (χ4n) is 5.72. The molecule has 36 heavy (non-hydrogen) atoms. The zero-order valence-corrected chi connectivity index (χ0v) is 21.3. The molecule has 0 aromatic heterocycles. The lowest BCUT2D eigenvalue weighted by Crippen LogP contribution is -2.69. The van der Waals surface area contributed by atoms with Crippen molar-refractivity contribution in [1.29, 1.82) is 0 Å². The quantitative estimate of drug-likeness (QED) is 0.363. The van der Waals surface area contributed by atoms with E-state index in [9.17, 15) is 14.7 Å². The van der Waals surface area contributed by atoms with Gasteiger partial charge in [0.25, 0.3) is 0 Å². The molecule has 3 aliphatic carbocycles. The van der Waals surface area contributed by atoms with Crippen molar-refractivity contribution in [2.75, 3.05) is 16.8 Å². The topological polar surface area (TPSA) is 69.6 Å². The molecule has 3 aromatic rings. The Kier molecular flexibility index (Phi) is 6.33. The maximum atomic E-state index is 13.2. The Balaban J connectivity index is 1.53. The molecule has 0 radical (unpaired) electrons. The van der Waals surface area contributed by atoms with Crippen LogP contribution in [0.2, 0.25) is 0 Å². The summed E-state index contributed by atoms with van der Waals surface area (Å²) < 4.78 is 0. The molecule has 0 unspecified atom stereocenters. The van der Waals surface area contributed by atoms with E-state index in [1.54, 1.807) is 12.1 Å². The second-order valence-electron chi connectivity index (χ2n) is 11.0. The number of aryl methyl sites for hydroxylation is 1. The number of carboxylic acids is 1. The van der Waals surface area contributed by atoms with Gasteiger partial charge in [-0.1, -0.05) is 67.9 Å². The summed E-state index contributed by atoms with van der Waals surface area (Å²) in [5, 5.41) is 12.9. The summed E-state index contributed by atoms with van der Waals surface area (Å²) in [5.74, 6) is 0.268. The van der Waals surface area contributed by atoms with Gasteiger partial charge < -0.3 is 15.3 Å². The molecule has 3 saturated carbocycles. The van der Waals surface area contributed by atoms with Crippen LogP contribution in [0.1, 0.15) is 54.6 Å². The van der Waals surface area contributed by atoms with Gasteiger partial charge in [0.15, 0.2) is 0 Å². The van der Waals surface area contributed by atoms with E-state index in [-0.39, 0.29) is 23.4 Å². The molecule has 0 spiro atoms. The first-order chi connectivity index (χ1) is 17.2. The minimum absolute atomic E-state index is 0.0779. The predicted molar refractivity (Wildman–Crippen MR) is 145 cm³/mol. The second kappa shape index (κ2) is 9.45. The van der Waals surface area contributed by atoms with Crippen LogP contribution in [0.15, 0.2) is 66.7 Å². The minimum atomic E-state index is -0.963. The standard InChI is InChI=1S/C31H34N2O3/c1-20(2)19-33(31-16-23(17-31)18-31)28-13-12-24(25-6-4-5-7-26(25)30(35)36)15-27(28)32-29(34)14-22-10-8-21(3)9-11-22/h4-13,15,20,23H,14,16-19H2,1-3H3,(H,32,34)(H,35,36). The Bertz CT molecular complexity index is 1280. The number of carboxylic acid groups (broad SMARTS) is 1. The summed E-state index contributed by atoms with van der Waals surface area (Å²) in [6.07, 6.45) is 3.91. The lowest BCUT2D eigenvalue weighted by atomic mass is 9.49. The highest BCUT2D eigenvalue weighted by atomic mass is 16.4. The van der Waals surface area contributed by atoms with E-state index in [1.165, 1.54) is 19.3 Å². The molecule has 0 aliphatic heterocycles. The van der Waals surface area contributed by atoms with Crippen LogP contribution in [0.25, 0.3) is 11.1 Å². The van der Waals surface area contributed by atoms with Gasteiger partial charge in [0, 0.05) is 12.1 Å². The molecule has 0 atom stereocenters. The third-order valence-electron chi connectivity index (χ3n) is 7.64. The van der Waals surface area contributed by atoms with E-state index < -0.39 is 5.97 Å². The van der Waals surface area contributed by atoms with Crippen molar-refractivity contribution in [3.05, 3.63) is 83.4 Å². The first-order valence-electron chi connectivity index (χ1n) is 12.8. The second-order valence-corrected chi connectivity index (χ2v) is 11.0. The van der Waals surface area contributed by atoms with Crippen LogP contribution >= 0.6 is 0 Å². The van der Waals surface area contributed by atoms with E-state index in [1.807, 2.05) is 55.5 Å². The molecule has 5 heteroatoms. The first-order valence-corrected chi connectivity index (χ1v) is 12.8. The number of benzene rings is 3. The number of aromatic carboxylic acids is 1. The molecule has 3 fully saturated rings. The van der Waals surface area contributed by atoms with Gasteiger partial charge in [0.1, 0.15) is 0 Å². The average molecular weight is 483 g/mol. The summed E-state index contributed by atoms with van der Waals surface area (Å²) in [7, 11) is 0. The van der Waals surface area contributed by atoms with E-state index in [4.69, 9.17) is 0 Å². The lowest BCUT2D eigenvalue weighted by Gasteiger charge is -2.67. The highest BCUT2D eigenvalue weighted by Gasteiger charge is 2.60. The maximum absolute atomic E-state index is 13.2. The van der Waals surface area contributed by atoms with E-state index in [0.29, 0.717) is 11.5 Å². The van der Waals surface area contributed by atoms with E-state index in [2.05, 4.69) is 30.1 Å². The van der Waals surface area contributed by atoms with Gasteiger partial charge >= 0.3 is 5.97 Å². The van der Waals surface area contributed by atoms with Gasteiger partial charge in [-0.25, -0.2) is 4.79 Å². The zero-order valence-electron chi connectivity index (χ0n) is 21.3. The number of amides is 1. The summed E-state index contributed by atoms with van der Waals surface area (Å²) in [5.41, 5.74) is 5.76. The van der Waals surface area contributed by atoms with Gasteiger partial charge in [0.2, 0.25) is 5.91 Å². The number of nitrogens with one attached hydrogen (secondary N) is 1. The smallest absolute Gasteiger partial charge is 0.336 e. The number of carbonyl (C=O) groups is 2. The molecule has 6 rings (SSSR count). The SMILES string of the molecule is Cc1ccc(CC(=O)Nc2cc(-c3ccccc3C(=O)O)ccc2N(CC(C)C)C23CC(C2)C3)cc1. The first kappa shape index (κ1) is 24.1. The van der Waals surface area contributed by atoms with Crippen LogP contribution in [-0.4, -0.2) is 29.1 Å². The van der Waals surface area contributed by atoms with Crippen LogP contribution in [0.4, 0.5) is 11.4 Å². The monoisotopic (exact) mass is 482 g/mol. The fourth-order valence-corrected chi connectivity index (χ4v) is 5.72. The molecule has 0 heterocycles. The van der Waals surface area contributed by atoms with Gasteiger partial charge in [-0.05, 0) is 72.9 Å². The Morgan fingerprint density at radius 2 is 1.72 bits per heavy atom. The highest BCUT2D eigenvalue weighted by Crippen LogP contribution is 2.62. The number of carbonyl (C=O) groups excluding carboxylic acids is 1. The zero-order chi connectivity index (χ0) is 25.4. The van der Waals surface area contributed by atoms with Crippen LogP contribution in [0, 0.1) is 18.8 Å². The summed E-state index contributed by atoms with van der Waals surface area (Å²) >= 11 is 0. The minimum Gasteiger partial charge on any atom is -0.478 e. The molecule has 2 N–H and O–H groups in total. The number of hydrogen-bond donors (Lipinski definition) is 2. The van der Waals surface area contributed by atoms with Crippen molar-refractivity contribution in [2.45, 2.75) is 52.0 Å². The summed E-state index contributed by atoms with van der Waals surface area (Å²) in [6.45, 7) is 7.40. The lowest BCUT2D eigenvalue weighted by molar-refractivity contribution is -0.115. The molecule has 2 bridgehead atoms. The Morgan fingerprint density at radius 3 is 2.33 bits per heavy atom. The molecular weight excluding hydrogens is 448 g/mol. The molecule has 3 aromatic carbocycles. The Labute approximate surface area is 213 Å². The summed E-state index contributed by atoms with van der Waals surface area (Å²) in [4.78, 5) is 27.6. The van der Waals surface area contributed by atoms with Crippen molar-refractivity contribution < 1.29 is 14.7 Å². The van der Waals surface area contributed by atoms with Crippen molar-refractivity contribution in [2.24, 2.45) is 11.8 Å². The van der Waals surface area contributed by atoms with Crippen LogP contribution in [0.3, 0.4) is 0 Å². The van der Waals surface area contributed by atoms with Crippen molar-refractivity contribution in [3.8, 4) is 11.1 Å². The van der Waals surface area contributed by atoms with Crippen molar-refractivity contribution in [1.82, 2.24) is 0 Å². The largest absolute Gasteiger partial charge is 0.478 e. The molecule has 0 saturated heterocycles. The van der Waals surface area contributed by atoms with Crippen LogP contribution in [-0.2, 0) is 11.2 Å². The van der Waals surface area contributed by atoms with Crippen molar-refractivity contribution >= 4 is 23.3 Å². The maximum Gasteiger partial charge on any atom is 0.336 e. The molecule has 1 amide bonds. The number of nitrogens with zero attached hydrogens (tertiary/aromatic N) is 1. The van der Waals surface area contributed by atoms with E-state index >= 15 is 0 Å². The number of anilines is 2. The third-order valence-corrected chi connectivity index (χ3v) is 7.64. The highest BCUT2D eigenvalue weighted by molar-refractivity contribution is 5.99. The van der Waals surface area contributed by atoms with Crippen molar-refractivity contribution in [3.63, 3.8) is 0 Å². The van der Waals surface area contributed by atoms with Crippen LogP contribution in [0.5, 0.6) is 0 Å². The van der Waals surface area contributed by atoms with Gasteiger partial charge in [-0.2, -0.15) is 0 Å². The molecule has 186 valence electrons. The Morgan fingerprint density at radius 1 is 1.03 bits per heavy atom. The number of hydrogen-bond acceptors (Lipinski definition) is 3. The number of rotatable bonds is 9. The average Bonchev–Trinajstić information content (AvgIpc) is 2.78.